The van der Waals surface area contributed by atoms with E-state index in [2.05, 4.69) is 26.0 Å². The molecule has 12 heteroatoms. The molecule has 3 heterocycles. The van der Waals surface area contributed by atoms with Crippen LogP contribution in [0.25, 0.3) is 5.82 Å². The van der Waals surface area contributed by atoms with Crippen LogP contribution in [-0.4, -0.2) is 25.4 Å². The summed E-state index contributed by atoms with van der Waals surface area (Å²) in [7, 11) is 0. The Morgan fingerprint density at radius 3 is 2.69 bits per heavy atom. The second-order valence-electron chi connectivity index (χ2n) is 5.92. The summed E-state index contributed by atoms with van der Waals surface area (Å²) in [5.41, 5.74) is -0.828. The van der Waals surface area contributed by atoms with Crippen LogP contribution in [0.3, 0.4) is 0 Å². The van der Waals surface area contributed by atoms with Crippen molar-refractivity contribution >= 4 is 50.7 Å². The van der Waals surface area contributed by atoms with Crippen molar-refractivity contribution in [1.82, 2.24) is 14.8 Å². The molecular formula is C17H8BrCl2F3N4O2. The quantitative estimate of drug-likeness (QED) is 0.340. The number of benzene rings is 1. The first kappa shape index (κ1) is 20.0. The molecule has 3 aromatic rings. The van der Waals surface area contributed by atoms with Crippen molar-refractivity contribution in [2.24, 2.45) is 0 Å². The zero-order valence-electron chi connectivity index (χ0n) is 14.0. The average Bonchev–Trinajstić information content (AvgIpc) is 3.07. The minimum Gasteiger partial charge on any atom is -0.615 e. The van der Waals surface area contributed by atoms with Gasteiger partial charge in [-0.2, -0.15) is 18.3 Å². The van der Waals surface area contributed by atoms with Crippen LogP contribution in [0.2, 0.25) is 10.0 Å². The van der Waals surface area contributed by atoms with Gasteiger partial charge >= 0.3 is 12.1 Å². The topological polar surface area (TPSA) is 66.0 Å². The van der Waals surface area contributed by atoms with Gasteiger partial charge in [0.2, 0.25) is 5.69 Å². The number of hydrogen-bond donors (Lipinski definition) is 0. The molecule has 0 N–H and O–H groups in total. The highest BCUT2D eigenvalue weighted by Gasteiger charge is 2.39. The van der Waals surface area contributed by atoms with E-state index < -0.39 is 11.9 Å². The van der Waals surface area contributed by atoms with E-state index in [9.17, 15) is 18.4 Å². The molecule has 1 aliphatic rings. The Labute approximate surface area is 179 Å². The van der Waals surface area contributed by atoms with Crippen LogP contribution in [0.4, 0.5) is 18.9 Å². The molecule has 0 amide bonds. The molecule has 0 unspecified atom stereocenters. The predicted octanol–water partition coefficient (Wildman–Crippen LogP) is 5.47. The number of hydrogen-bond acceptors (Lipinski definition) is 4. The minimum atomic E-state index is -4.75. The number of pyridine rings is 1. The Balaban J connectivity index is 1.97. The molecule has 0 saturated carbocycles. The number of rotatable bonds is 2. The van der Waals surface area contributed by atoms with E-state index in [1.54, 1.807) is 0 Å². The van der Waals surface area contributed by atoms with Crippen molar-refractivity contribution in [1.29, 1.82) is 0 Å². The number of fused-ring (bicyclic) bond motifs is 1. The molecule has 0 aliphatic carbocycles. The third-order valence-electron chi connectivity index (χ3n) is 4.02. The smallest absolute Gasteiger partial charge is 0.435 e. The molecule has 4 rings (SSSR count). The number of ether oxygens (including phenoxy) is 1. The monoisotopic (exact) mass is 506 g/mol. The van der Waals surface area contributed by atoms with E-state index in [4.69, 9.17) is 27.9 Å². The molecule has 150 valence electrons. The Morgan fingerprint density at radius 1 is 1.24 bits per heavy atom. The summed E-state index contributed by atoms with van der Waals surface area (Å²) in [5.74, 6) is -0.463. The molecule has 0 spiro atoms. The van der Waals surface area contributed by atoms with Gasteiger partial charge < -0.3 is 9.94 Å². The number of alkyl halides is 3. The fourth-order valence-electron chi connectivity index (χ4n) is 2.81. The summed E-state index contributed by atoms with van der Waals surface area (Å²) < 4.78 is 47.0. The van der Waals surface area contributed by atoms with Gasteiger partial charge in [-0.25, -0.2) is 9.67 Å². The lowest BCUT2D eigenvalue weighted by atomic mass is 10.1. The molecule has 6 nitrogen and oxygen atoms in total. The lowest BCUT2D eigenvalue weighted by Crippen LogP contribution is -2.25. The summed E-state index contributed by atoms with van der Waals surface area (Å²) in [6.07, 6.45) is -3.41. The first-order valence-corrected chi connectivity index (χ1v) is 9.45. The van der Waals surface area contributed by atoms with Crippen LogP contribution in [0, 0.1) is 5.21 Å². The number of halogens is 6. The molecule has 29 heavy (non-hydrogen) atoms. The van der Waals surface area contributed by atoms with Crippen molar-refractivity contribution in [2.75, 3.05) is 0 Å². The van der Waals surface area contributed by atoms with Crippen molar-refractivity contribution in [3.63, 3.8) is 0 Å². The van der Waals surface area contributed by atoms with Crippen molar-refractivity contribution in [3.05, 3.63) is 73.2 Å². The molecule has 1 aromatic carbocycles. The summed E-state index contributed by atoms with van der Waals surface area (Å²) in [4.78, 5) is 3.98. The summed E-state index contributed by atoms with van der Waals surface area (Å²) >= 11 is 15.3. The van der Waals surface area contributed by atoms with Crippen molar-refractivity contribution in [2.45, 2.75) is 12.8 Å². The zero-order chi connectivity index (χ0) is 20.9. The summed E-state index contributed by atoms with van der Waals surface area (Å²) in [6.45, 7) is -0.0783. The van der Waals surface area contributed by atoms with Crippen molar-refractivity contribution < 1.29 is 22.6 Å². The maximum absolute atomic E-state index is 13.3. The van der Waals surface area contributed by atoms with Gasteiger partial charge in [-0.05, 0) is 40.2 Å². The zero-order valence-corrected chi connectivity index (χ0v) is 17.1. The SMILES string of the molecule is [O-][N+]1=C(c2cc(C(F)(F)F)nn2-c2ncccc2Cl)OCc2cc(Cl)cc(Br)c21. The first-order valence-electron chi connectivity index (χ1n) is 7.90. The second-order valence-corrected chi connectivity index (χ2v) is 7.61. The Kier molecular flexibility index (Phi) is 4.96. The van der Waals surface area contributed by atoms with E-state index in [0.717, 1.165) is 4.68 Å². The molecule has 0 atom stereocenters. The fraction of sp³-hybridized carbons (Fsp3) is 0.118. The third-order valence-corrected chi connectivity index (χ3v) is 5.14. The van der Waals surface area contributed by atoms with Gasteiger partial charge in [-0.1, -0.05) is 23.2 Å². The van der Waals surface area contributed by atoms with Crippen LogP contribution in [0.15, 0.2) is 41.0 Å². The van der Waals surface area contributed by atoms with Gasteiger partial charge in [0.1, 0.15) is 6.61 Å². The van der Waals surface area contributed by atoms with Crippen molar-refractivity contribution in [3.8, 4) is 5.82 Å². The van der Waals surface area contributed by atoms with E-state index in [0.29, 0.717) is 25.9 Å². The Bertz CT molecular complexity index is 1160. The van der Waals surface area contributed by atoms with Gasteiger partial charge in [0, 0.05) is 17.3 Å². The van der Waals surface area contributed by atoms with E-state index in [1.807, 2.05) is 0 Å². The van der Waals surface area contributed by atoms with Gasteiger partial charge in [0.25, 0.3) is 0 Å². The predicted molar refractivity (Wildman–Crippen MR) is 103 cm³/mol. The van der Waals surface area contributed by atoms with Gasteiger partial charge in [-0.15, -0.1) is 4.74 Å². The average molecular weight is 508 g/mol. The van der Waals surface area contributed by atoms with Gasteiger partial charge in [0.15, 0.2) is 17.2 Å². The van der Waals surface area contributed by atoms with Crippen LogP contribution < -0.4 is 0 Å². The maximum atomic E-state index is 13.3. The van der Waals surface area contributed by atoms with Gasteiger partial charge in [0.05, 0.1) is 15.1 Å². The van der Waals surface area contributed by atoms with E-state index in [-0.39, 0.29) is 34.7 Å². The highest BCUT2D eigenvalue weighted by atomic mass is 79.9. The largest absolute Gasteiger partial charge is 0.615 e. The van der Waals surface area contributed by atoms with Crippen LogP contribution >= 0.6 is 39.1 Å². The second kappa shape index (κ2) is 7.19. The lowest BCUT2D eigenvalue weighted by molar-refractivity contribution is -0.380. The fourth-order valence-corrected chi connectivity index (χ4v) is 4.04. The van der Waals surface area contributed by atoms with Crippen LogP contribution in [0.1, 0.15) is 17.0 Å². The van der Waals surface area contributed by atoms with E-state index >= 15 is 0 Å². The highest BCUT2D eigenvalue weighted by molar-refractivity contribution is 9.10. The third kappa shape index (κ3) is 3.56. The maximum Gasteiger partial charge on any atom is 0.435 e. The molecule has 2 aromatic heterocycles. The molecule has 0 bridgehead atoms. The normalized spacial score (nSPS) is 14.0. The Hall–Kier alpha value is -2.30. The molecule has 0 fully saturated rings. The lowest BCUT2D eigenvalue weighted by Gasteiger charge is -2.20. The molecule has 0 radical (unpaired) electrons. The standard InChI is InChI=1S/C17H8BrCl2F3N4O2/c18-10-5-9(19)4-8-7-29-16(27(28)14(8)10)12-6-13(17(21,22)23)25-26(12)15-11(20)2-1-3-24-15/h1-6H,7H2. The first-order chi connectivity index (χ1) is 13.7. The Morgan fingerprint density at radius 2 is 2.00 bits per heavy atom. The van der Waals surface area contributed by atoms with E-state index in [1.165, 1.54) is 30.5 Å². The molecule has 1 aliphatic heterocycles. The summed E-state index contributed by atoms with van der Waals surface area (Å²) in [6, 6.07) is 6.71. The molecular weight excluding hydrogens is 500 g/mol. The highest BCUT2D eigenvalue weighted by Crippen LogP contribution is 2.37. The number of nitrogens with zero attached hydrogens (tertiary/aromatic N) is 4. The van der Waals surface area contributed by atoms with Gasteiger partial charge in [-0.3, -0.25) is 0 Å². The number of aromatic nitrogens is 3. The molecule has 0 saturated heterocycles. The van der Waals surface area contributed by atoms with Crippen LogP contribution in [0.5, 0.6) is 0 Å². The minimum absolute atomic E-state index is 0.0489. The summed E-state index contributed by atoms with van der Waals surface area (Å²) in [5, 5.41) is 17.0. The van der Waals surface area contributed by atoms with Crippen LogP contribution in [-0.2, 0) is 17.5 Å².